The summed E-state index contributed by atoms with van der Waals surface area (Å²) in [5, 5.41) is 3.56. The summed E-state index contributed by atoms with van der Waals surface area (Å²) >= 11 is 1.89. The van der Waals surface area contributed by atoms with Gasteiger partial charge in [0.15, 0.2) is 5.82 Å². The van der Waals surface area contributed by atoms with Crippen molar-refractivity contribution < 1.29 is 4.42 Å². The molecule has 0 amide bonds. The third-order valence-electron chi connectivity index (χ3n) is 12.1. The number of aromatic nitrogens is 2. The lowest BCUT2D eigenvalue weighted by atomic mass is 9.77. The summed E-state index contributed by atoms with van der Waals surface area (Å²) in [5.41, 5.74) is 16.0. The van der Waals surface area contributed by atoms with Gasteiger partial charge in [-0.05, 0) is 100 Å². The molecule has 3 nitrogen and oxygen atoms in total. The molecule has 0 aliphatic heterocycles. The van der Waals surface area contributed by atoms with E-state index in [0.717, 1.165) is 92.7 Å². The topological polar surface area (TPSA) is 38.9 Å². The summed E-state index contributed by atoms with van der Waals surface area (Å²) in [6.07, 6.45) is 10.5. The summed E-state index contributed by atoms with van der Waals surface area (Å²) in [4.78, 5) is 12.4. The summed E-state index contributed by atoms with van der Waals surface area (Å²) in [6.45, 7) is 2.23. The first-order chi connectivity index (χ1) is 28.7. The monoisotopic (exact) mass is 764 g/mol. The Kier molecular flexibility index (Phi) is 8.59. The number of thiophene rings is 1. The van der Waals surface area contributed by atoms with Crippen molar-refractivity contribution in [2.75, 3.05) is 0 Å². The molecule has 1 atom stereocenters. The molecule has 0 fully saturated rings. The number of allylic oxidation sites excluding steroid dienone is 5. The molecule has 6 aromatic carbocycles. The Morgan fingerprint density at radius 3 is 2.03 bits per heavy atom. The van der Waals surface area contributed by atoms with Crippen LogP contribution in [0.25, 0.3) is 77.3 Å². The lowest BCUT2D eigenvalue weighted by Gasteiger charge is -2.26. The van der Waals surface area contributed by atoms with E-state index in [1.54, 1.807) is 0 Å². The molecule has 3 aromatic heterocycles. The molecule has 11 rings (SSSR count). The normalized spacial score (nSPS) is 15.3. The predicted molar refractivity (Wildman–Crippen MR) is 244 cm³/mol. The van der Waals surface area contributed by atoms with Crippen molar-refractivity contribution in [3.8, 4) is 22.5 Å². The minimum Gasteiger partial charge on any atom is -0.456 e. The van der Waals surface area contributed by atoms with Crippen LogP contribution in [0.15, 0.2) is 168 Å². The smallest absolute Gasteiger partial charge is 0.156 e. The van der Waals surface area contributed by atoms with Crippen LogP contribution in [-0.2, 0) is 12.8 Å². The van der Waals surface area contributed by atoms with Gasteiger partial charge in [-0.1, -0.05) is 146 Å². The van der Waals surface area contributed by atoms with Gasteiger partial charge in [0.05, 0.1) is 11.4 Å². The zero-order valence-electron chi connectivity index (χ0n) is 32.3. The molecular formula is C54H40N2OS. The predicted octanol–water partition coefficient (Wildman–Crippen LogP) is 14.6. The number of benzene rings is 6. The van der Waals surface area contributed by atoms with E-state index >= 15 is 0 Å². The van der Waals surface area contributed by atoms with Crippen LogP contribution in [0.5, 0.6) is 0 Å². The number of nitrogens with zero attached hydrogens (tertiary/aromatic N) is 2. The van der Waals surface area contributed by atoms with Gasteiger partial charge >= 0.3 is 0 Å². The van der Waals surface area contributed by atoms with E-state index in [4.69, 9.17) is 14.4 Å². The van der Waals surface area contributed by atoms with Crippen LogP contribution in [-0.4, -0.2) is 9.97 Å². The van der Waals surface area contributed by atoms with Crippen molar-refractivity contribution in [1.29, 1.82) is 0 Å². The first-order valence-corrected chi connectivity index (χ1v) is 21.2. The Morgan fingerprint density at radius 1 is 0.621 bits per heavy atom. The average Bonchev–Trinajstić information content (AvgIpc) is 3.86. The van der Waals surface area contributed by atoms with E-state index in [1.807, 2.05) is 11.3 Å². The number of para-hydroxylation sites is 1. The van der Waals surface area contributed by atoms with E-state index in [-0.39, 0.29) is 5.92 Å². The highest BCUT2D eigenvalue weighted by Crippen LogP contribution is 2.49. The molecule has 58 heavy (non-hydrogen) atoms. The first-order valence-electron chi connectivity index (χ1n) is 20.3. The quantitative estimate of drug-likeness (QED) is 0.162. The molecule has 2 aliphatic carbocycles. The van der Waals surface area contributed by atoms with Gasteiger partial charge in [-0.15, -0.1) is 11.3 Å². The van der Waals surface area contributed by atoms with E-state index in [9.17, 15) is 0 Å². The summed E-state index contributed by atoms with van der Waals surface area (Å²) in [7, 11) is 0. The number of fused-ring (bicyclic) bond motifs is 6. The summed E-state index contributed by atoms with van der Waals surface area (Å²) in [5.74, 6) is 0.959. The maximum Gasteiger partial charge on any atom is 0.156 e. The van der Waals surface area contributed by atoms with Crippen molar-refractivity contribution in [3.05, 3.63) is 202 Å². The van der Waals surface area contributed by atoms with Crippen molar-refractivity contribution >= 4 is 66.2 Å². The minimum atomic E-state index is 0.172. The van der Waals surface area contributed by atoms with Gasteiger partial charge in [0.2, 0.25) is 0 Å². The van der Waals surface area contributed by atoms with Crippen LogP contribution in [0.1, 0.15) is 64.2 Å². The fraction of sp³-hybridized carbons (Fsp3) is 0.111. The van der Waals surface area contributed by atoms with Crippen LogP contribution in [0.3, 0.4) is 0 Å². The Morgan fingerprint density at radius 2 is 1.28 bits per heavy atom. The molecule has 0 spiro atoms. The molecule has 0 bridgehead atoms. The second kappa shape index (κ2) is 14.4. The van der Waals surface area contributed by atoms with Crippen molar-refractivity contribution in [1.82, 2.24) is 9.97 Å². The first kappa shape index (κ1) is 34.6. The van der Waals surface area contributed by atoms with Gasteiger partial charge in [-0.25, -0.2) is 9.97 Å². The number of rotatable bonds is 7. The number of hydrogen-bond acceptors (Lipinski definition) is 4. The third kappa shape index (κ3) is 5.95. The third-order valence-corrected chi connectivity index (χ3v) is 13.2. The van der Waals surface area contributed by atoms with Gasteiger partial charge in [0.25, 0.3) is 0 Å². The summed E-state index contributed by atoms with van der Waals surface area (Å²) < 4.78 is 8.14. The average molecular weight is 765 g/mol. The molecule has 3 heterocycles. The lowest BCUT2D eigenvalue weighted by molar-refractivity contribution is 0.668. The van der Waals surface area contributed by atoms with Crippen molar-refractivity contribution in [2.45, 2.75) is 38.5 Å². The van der Waals surface area contributed by atoms with Gasteiger partial charge in [-0.3, -0.25) is 0 Å². The van der Waals surface area contributed by atoms with Crippen molar-refractivity contribution in [3.63, 3.8) is 0 Å². The highest BCUT2D eigenvalue weighted by atomic mass is 32.1. The van der Waals surface area contributed by atoms with Gasteiger partial charge in [0.1, 0.15) is 11.2 Å². The molecule has 4 heteroatoms. The molecule has 0 radical (unpaired) electrons. The molecule has 2 aliphatic rings. The highest BCUT2D eigenvalue weighted by Gasteiger charge is 2.30. The van der Waals surface area contributed by atoms with Gasteiger partial charge in [0, 0.05) is 43.0 Å². The highest BCUT2D eigenvalue weighted by molar-refractivity contribution is 7.20. The number of furan rings is 1. The molecule has 0 saturated heterocycles. The Bertz CT molecular complexity index is 3110. The van der Waals surface area contributed by atoms with E-state index < -0.39 is 0 Å². The van der Waals surface area contributed by atoms with Crippen LogP contribution in [0, 0.1) is 0 Å². The van der Waals surface area contributed by atoms with Crippen LogP contribution in [0.4, 0.5) is 0 Å². The Balaban J connectivity index is 1.17. The maximum atomic E-state index is 6.81. The molecule has 1 unspecified atom stereocenters. The second-order valence-electron chi connectivity index (χ2n) is 15.4. The van der Waals surface area contributed by atoms with Crippen molar-refractivity contribution in [2.24, 2.45) is 0 Å². The van der Waals surface area contributed by atoms with E-state index in [2.05, 4.69) is 177 Å². The van der Waals surface area contributed by atoms with E-state index in [0.29, 0.717) is 0 Å². The number of hydrogen-bond donors (Lipinski definition) is 0. The Hall–Kier alpha value is -6.62. The molecular weight excluding hydrogens is 725 g/mol. The maximum absolute atomic E-state index is 6.81. The zero-order valence-corrected chi connectivity index (χ0v) is 33.1. The standard InChI is InChI=1S/C54H40N2OS/c1-2-40-52(37-20-10-5-11-21-37)55-54(38-28-26-35(27-29-38)34-16-6-3-7-17-34)56-53(40)46-30-39(31-48-51(46)42-23-12-14-24-47(42)57-48)44-33-50-45(41-22-13-15-25-49(41)58-50)32-43(44)36-18-8-4-9-19-36/h3-26,28,30-31,33,43H,2,27,29,32H2,1H3. The SMILES string of the molecule is CCc1c(-c2ccccc2)nc(C2=CC=C(c3ccccc3)CC2)nc1-c1cc(C2=Cc3sc4ccccc4c3CC2c2ccccc2)cc2oc3ccccc3c12. The second-order valence-corrected chi connectivity index (χ2v) is 16.5. The zero-order chi connectivity index (χ0) is 38.6. The van der Waals surface area contributed by atoms with E-state index in [1.165, 1.54) is 42.8 Å². The minimum absolute atomic E-state index is 0.172. The van der Waals surface area contributed by atoms with Gasteiger partial charge < -0.3 is 4.42 Å². The molecule has 278 valence electrons. The molecule has 0 saturated carbocycles. The molecule has 0 N–H and O–H groups in total. The van der Waals surface area contributed by atoms with Crippen LogP contribution in [0.2, 0.25) is 0 Å². The Labute approximate surface area is 342 Å². The fourth-order valence-electron chi connectivity index (χ4n) is 9.21. The largest absolute Gasteiger partial charge is 0.456 e. The molecule has 9 aromatic rings. The van der Waals surface area contributed by atoms with Crippen LogP contribution < -0.4 is 0 Å². The fourth-order valence-corrected chi connectivity index (χ4v) is 10.4. The van der Waals surface area contributed by atoms with Gasteiger partial charge in [-0.2, -0.15) is 0 Å². The lowest BCUT2D eigenvalue weighted by Crippen LogP contribution is -2.11. The summed E-state index contributed by atoms with van der Waals surface area (Å²) in [6, 6.07) is 54.3. The van der Waals surface area contributed by atoms with Crippen LogP contribution >= 0.6 is 11.3 Å².